The summed E-state index contributed by atoms with van der Waals surface area (Å²) in [5.41, 5.74) is 12.5. The fourth-order valence-electron chi connectivity index (χ4n) is 6.90. The molecule has 10 nitrogen and oxygen atoms in total. The molecule has 0 saturated carbocycles. The van der Waals surface area contributed by atoms with E-state index in [0.717, 1.165) is 84.1 Å². The Morgan fingerprint density at radius 3 is 2.76 bits per heavy atom. The topological polar surface area (TPSA) is 120 Å². The van der Waals surface area contributed by atoms with Gasteiger partial charge in [-0.15, -0.1) is 0 Å². The van der Waals surface area contributed by atoms with Gasteiger partial charge in [-0.1, -0.05) is 31.0 Å². The summed E-state index contributed by atoms with van der Waals surface area (Å²) < 4.78 is 10.2. The number of carbonyl (C=O) groups is 2. The highest BCUT2D eigenvalue weighted by molar-refractivity contribution is 6.01. The molecule has 3 N–H and O–H groups in total. The molecule has 2 aliphatic heterocycles. The van der Waals surface area contributed by atoms with Crippen molar-refractivity contribution in [1.82, 2.24) is 29.3 Å². The first kappa shape index (κ1) is 29.0. The summed E-state index contributed by atoms with van der Waals surface area (Å²) in [6, 6.07) is 16.0. The molecule has 0 spiro atoms. The third-order valence-electron chi connectivity index (χ3n) is 9.21. The Morgan fingerprint density at radius 1 is 1.04 bits per heavy atom. The summed E-state index contributed by atoms with van der Waals surface area (Å²) in [5.74, 6) is 1.22. The van der Waals surface area contributed by atoms with Crippen LogP contribution < -0.4 is 15.8 Å². The summed E-state index contributed by atoms with van der Waals surface area (Å²) in [6.45, 7) is 2.71. The molecule has 2 bridgehead atoms. The molecule has 0 unspecified atom stereocenters. The largest absolute Gasteiger partial charge is 0.494 e. The van der Waals surface area contributed by atoms with E-state index in [1.807, 2.05) is 36.2 Å². The molecule has 1 saturated heterocycles. The number of nitrogens with zero attached hydrogens (tertiary/aromatic N) is 5. The van der Waals surface area contributed by atoms with Crippen LogP contribution in [0.3, 0.4) is 0 Å². The Hall–Kier alpha value is -4.70. The lowest BCUT2D eigenvalue weighted by molar-refractivity contribution is 0.0708. The number of aromatic nitrogens is 4. The average molecular weight is 606 g/mol. The molecular weight excluding hydrogens is 566 g/mol. The molecule has 1 fully saturated rings. The number of nitrogens with two attached hydrogens (primary N) is 1. The minimum atomic E-state index is -0.145. The van der Waals surface area contributed by atoms with Gasteiger partial charge in [-0.3, -0.25) is 14.6 Å². The standard InChI is InChI=1S/C35H39N7O3/c1-40-32-27(17-24(20-30(32)45-2)35(44)41-15-8-9-25(36)21-41)39-33(40)29-19-23-12-11-22-18-28(23)42(29)16-6-4-3-5-13-38-34(43)31-26(22)10-7-14-37-31/h7,10-12,14,17-20,25H,3-6,8-9,13,15-16,21,36H2,1-2H3,(H,38,43)/t25-/m1/s1. The zero-order valence-corrected chi connectivity index (χ0v) is 25.9. The molecule has 5 heterocycles. The minimum Gasteiger partial charge on any atom is -0.494 e. The Labute approximate surface area is 262 Å². The summed E-state index contributed by atoms with van der Waals surface area (Å²) in [5, 5.41) is 4.14. The number of ether oxygens (including phenoxy) is 1. The van der Waals surface area contributed by atoms with Crippen LogP contribution in [0.4, 0.5) is 0 Å². The monoisotopic (exact) mass is 605 g/mol. The summed E-state index contributed by atoms with van der Waals surface area (Å²) in [7, 11) is 3.63. The van der Waals surface area contributed by atoms with E-state index in [0.29, 0.717) is 42.2 Å². The quantitative estimate of drug-likeness (QED) is 0.294. The smallest absolute Gasteiger partial charge is 0.270 e. The molecule has 7 rings (SSSR count). The van der Waals surface area contributed by atoms with Gasteiger partial charge in [-0.05, 0) is 61.6 Å². The predicted octanol–water partition coefficient (Wildman–Crippen LogP) is 5.13. The lowest BCUT2D eigenvalue weighted by Crippen LogP contribution is -2.45. The zero-order chi connectivity index (χ0) is 31.1. The van der Waals surface area contributed by atoms with Crippen molar-refractivity contribution in [3.05, 3.63) is 66.0 Å². The van der Waals surface area contributed by atoms with Crippen molar-refractivity contribution in [2.75, 3.05) is 26.7 Å². The van der Waals surface area contributed by atoms with Crippen LogP contribution in [0.15, 0.2) is 54.7 Å². The van der Waals surface area contributed by atoms with E-state index in [1.165, 1.54) is 0 Å². The second kappa shape index (κ2) is 12.0. The third kappa shape index (κ3) is 5.33. The molecule has 3 aromatic heterocycles. The number of aryl methyl sites for hydroxylation is 2. The number of benzene rings is 2. The number of piperidine rings is 1. The van der Waals surface area contributed by atoms with Crippen LogP contribution >= 0.6 is 0 Å². The predicted molar refractivity (Wildman–Crippen MR) is 175 cm³/mol. The van der Waals surface area contributed by atoms with Crippen LogP contribution in [-0.2, 0) is 13.6 Å². The number of fused-ring (bicyclic) bond motifs is 4. The van der Waals surface area contributed by atoms with Crippen LogP contribution in [0.25, 0.3) is 44.6 Å². The molecule has 5 aromatic rings. The summed E-state index contributed by atoms with van der Waals surface area (Å²) >= 11 is 0. The molecule has 0 radical (unpaired) electrons. The number of pyridine rings is 1. The fraction of sp³-hybridized carbons (Fsp3) is 0.371. The first-order chi connectivity index (χ1) is 21.9. The Bertz CT molecular complexity index is 1920. The second-order valence-electron chi connectivity index (χ2n) is 12.2. The molecule has 232 valence electrons. The van der Waals surface area contributed by atoms with Gasteiger partial charge in [0.2, 0.25) is 0 Å². The van der Waals surface area contributed by atoms with Crippen molar-refractivity contribution in [1.29, 1.82) is 0 Å². The number of imidazole rings is 1. The Balaban J connectivity index is 1.36. The van der Waals surface area contributed by atoms with E-state index in [-0.39, 0.29) is 17.9 Å². The van der Waals surface area contributed by atoms with Crippen molar-refractivity contribution in [2.45, 2.75) is 51.1 Å². The number of hydrogen-bond donors (Lipinski definition) is 2. The highest BCUT2D eigenvalue weighted by atomic mass is 16.5. The van der Waals surface area contributed by atoms with Crippen LogP contribution in [0.2, 0.25) is 0 Å². The fourth-order valence-corrected chi connectivity index (χ4v) is 6.90. The highest BCUT2D eigenvalue weighted by Gasteiger charge is 2.26. The van der Waals surface area contributed by atoms with Gasteiger partial charge >= 0.3 is 0 Å². The van der Waals surface area contributed by atoms with Crippen molar-refractivity contribution < 1.29 is 14.3 Å². The van der Waals surface area contributed by atoms with Crippen molar-refractivity contribution in [3.8, 4) is 28.4 Å². The molecular formula is C35H39N7O3. The van der Waals surface area contributed by atoms with Crippen molar-refractivity contribution in [3.63, 3.8) is 0 Å². The van der Waals surface area contributed by atoms with Gasteiger partial charge in [0, 0.05) is 67.5 Å². The molecule has 0 aliphatic carbocycles. The van der Waals surface area contributed by atoms with E-state index in [1.54, 1.807) is 13.3 Å². The zero-order valence-electron chi connectivity index (χ0n) is 25.9. The van der Waals surface area contributed by atoms with E-state index in [4.69, 9.17) is 15.5 Å². The maximum absolute atomic E-state index is 13.5. The molecule has 1 atom stereocenters. The second-order valence-corrected chi connectivity index (χ2v) is 12.2. The number of carbonyl (C=O) groups excluding carboxylic acids is 2. The number of likely N-dealkylation sites (tertiary alicyclic amines) is 1. The van der Waals surface area contributed by atoms with Crippen LogP contribution in [0, 0.1) is 0 Å². The van der Waals surface area contributed by atoms with Crippen LogP contribution in [0.1, 0.15) is 59.4 Å². The molecule has 45 heavy (non-hydrogen) atoms. The lowest BCUT2D eigenvalue weighted by atomic mass is 10.0. The third-order valence-corrected chi connectivity index (χ3v) is 9.21. The van der Waals surface area contributed by atoms with Gasteiger partial charge in [-0.25, -0.2) is 4.98 Å². The normalized spacial score (nSPS) is 17.7. The summed E-state index contributed by atoms with van der Waals surface area (Å²) in [4.78, 5) is 38.0. The average Bonchev–Trinajstić information content (AvgIpc) is 3.59. The van der Waals surface area contributed by atoms with E-state index < -0.39 is 0 Å². The van der Waals surface area contributed by atoms with E-state index >= 15 is 0 Å². The minimum absolute atomic E-state index is 0.00180. The number of amides is 2. The first-order valence-corrected chi connectivity index (χ1v) is 15.9. The molecule has 2 aliphatic rings. The van der Waals surface area contributed by atoms with Gasteiger partial charge in [0.15, 0.2) is 5.82 Å². The van der Waals surface area contributed by atoms with E-state index in [9.17, 15) is 9.59 Å². The molecule has 2 aromatic carbocycles. The Morgan fingerprint density at radius 2 is 1.91 bits per heavy atom. The number of rotatable bonds is 3. The Kier molecular flexibility index (Phi) is 7.75. The highest BCUT2D eigenvalue weighted by Crippen LogP contribution is 2.36. The number of hydrogen-bond acceptors (Lipinski definition) is 6. The van der Waals surface area contributed by atoms with Gasteiger partial charge in [0.05, 0.1) is 18.3 Å². The summed E-state index contributed by atoms with van der Waals surface area (Å²) in [6.07, 6.45) is 7.49. The number of nitrogens with one attached hydrogen (secondary N) is 1. The number of methoxy groups -OCH3 is 1. The SMILES string of the molecule is COc1cc(C(=O)N2CCC[C@@H](N)C2)cc2nc(-c3cc4ccc5cc4n3CCCCCCNC(=O)c3ncccc3-5)n(C)c12. The van der Waals surface area contributed by atoms with Crippen molar-refractivity contribution in [2.24, 2.45) is 12.8 Å². The van der Waals surface area contributed by atoms with Gasteiger partial charge in [0.25, 0.3) is 11.8 Å². The maximum atomic E-state index is 13.5. The van der Waals surface area contributed by atoms with E-state index in [2.05, 4.69) is 43.7 Å². The lowest BCUT2D eigenvalue weighted by Gasteiger charge is -2.30. The first-order valence-electron chi connectivity index (χ1n) is 15.9. The maximum Gasteiger partial charge on any atom is 0.270 e. The van der Waals surface area contributed by atoms with Gasteiger partial charge in [-0.2, -0.15) is 0 Å². The van der Waals surface area contributed by atoms with Crippen LogP contribution in [-0.4, -0.2) is 68.6 Å². The van der Waals surface area contributed by atoms with Crippen LogP contribution in [0.5, 0.6) is 5.75 Å². The molecule has 2 amide bonds. The molecule has 10 heteroatoms. The van der Waals surface area contributed by atoms with Crippen molar-refractivity contribution >= 4 is 33.8 Å². The van der Waals surface area contributed by atoms with Gasteiger partial charge in [0.1, 0.15) is 17.0 Å². The van der Waals surface area contributed by atoms with Gasteiger partial charge < -0.3 is 29.8 Å².